The number of hydrogen-bond donors (Lipinski definition) is 2. The summed E-state index contributed by atoms with van der Waals surface area (Å²) in [6.45, 7) is 5.02. The second-order valence-electron chi connectivity index (χ2n) is 4.86. The molecule has 0 fully saturated rings. The summed E-state index contributed by atoms with van der Waals surface area (Å²) < 4.78 is 0. The Morgan fingerprint density at radius 2 is 2.11 bits per heavy atom. The Bertz CT molecular complexity index is 428. The molecule has 0 aliphatic heterocycles. The molecule has 2 N–H and O–H groups in total. The summed E-state index contributed by atoms with van der Waals surface area (Å²) in [5, 5.41) is 20.1. The van der Waals surface area contributed by atoms with Gasteiger partial charge in [0.1, 0.15) is 0 Å². The highest BCUT2D eigenvalue weighted by molar-refractivity contribution is 7.10. The molecule has 0 unspecified atom stereocenters. The minimum absolute atomic E-state index is 0.101. The average molecular weight is 267 g/mol. The van der Waals surface area contributed by atoms with Crippen LogP contribution in [0.5, 0.6) is 0 Å². The number of thiophene rings is 1. The van der Waals surface area contributed by atoms with Crippen LogP contribution < -0.4 is 0 Å². The predicted molar refractivity (Wildman–Crippen MR) is 75.5 cm³/mol. The van der Waals surface area contributed by atoms with Gasteiger partial charge in [-0.25, -0.2) is 0 Å². The molecule has 0 aromatic carbocycles. The van der Waals surface area contributed by atoms with E-state index in [2.05, 4.69) is 16.7 Å². The highest BCUT2D eigenvalue weighted by atomic mass is 32.1. The molecule has 0 radical (unpaired) electrons. The Hall–Kier alpha value is -0.860. The Morgan fingerprint density at radius 1 is 1.39 bits per heavy atom. The van der Waals surface area contributed by atoms with Gasteiger partial charge in [-0.2, -0.15) is 0 Å². The van der Waals surface area contributed by atoms with Crippen LogP contribution in [0.2, 0.25) is 0 Å². The zero-order valence-corrected chi connectivity index (χ0v) is 12.0. The minimum atomic E-state index is -0.236. The Kier molecular flexibility index (Phi) is 5.83. The maximum atomic E-state index is 9.34. The first-order valence-corrected chi connectivity index (χ1v) is 6.87. The number of nitrogens with zero attached hydrogens (tertiary/aromatic N) is 1. The van der Waals surface area contributed by atoms with E-state index < -0.39 is 0 Å². The first-order chi connectivity index (χ1) is 8.51. The second kappa shape index (κ2) is 6.91. The highest BCUT2D eigenvalue weighted by Crippen LogP contribution is 2.21. The van der Waals surface area contributed by atoms with Crippen molar-refractivity contribution < 1.29 is 10.2 Å². The van der Waals surface area contributed by atoms with Gasteiger partial charge in [-0.15, -0.1) is 11.3 Å². The molecule has 1 aromatic rings. The van der Waals surface area contributed by atoms with E-state index >= 15 is 0 Å². The van der Waals surface area contributed by atoms with Gasteiger partial charge in [-0.1, -0.05) is 11.8 Å². The van der Waals surface area contributed by atoms with E-state index in [1.54, 1.807) is 11.3 Å². The van der Waals surface area contributed by atoms with Crippen molar-refractivity contribution in [2.24, 2.45) is 0 Å². The summed E-state index contributed by atoms with van der Waals surface area (Å²) >= 11 is 1.67. The molecule has 0 saturated heterocycles. The summed E-state index contributed by atoms with van der Waals surface area (Å²) in [6.07, 6.45) is 0.507. The van der Waals surface area contributed by atoms with Crippen LogP contribution in [0.15, 0.2) is 11.4 Å². The van der Waals surface area contributed by atoms with Crippen LogP contribution in [0, 0.1) is 11.8 Å². The predicted octanol–water partition coefficient (Wildman–Crippen LogP) is 1.68. The number of rotatable bonds is 5. The topological polar surface area (TPSA) is 43.7 Å². The van der Waals surface area contributed by atoms with Crippen LogP contribution in [0.4, 0.5) is 0 Å². The molecule has 100 valence electrons. The molecule has 0 aliphatic rings. The molecule has 0 atom stereocenters. The third-order valence-corrected chi connectivity index (χ3v) is 3.91. The maximum Gasteiger partial charge on any atom is 0.0610 e. The summed E-state index contributed by atoms with van der Waals surface area (Å²) in [7, 11) is 2.00. The van der Waals surface area contributed by atoms with Crippen molar-refractivity contribution in [1.82, 2.24) is 4.90 Å². The van der Waals surface area contributed by atoms with Crippen molar-refractivity contribution in [2.75, 3.05) is 20.3 Å². The van der Waals surface area contributed by atoms with E-state index in [1.807, 2.05) is 32.3 Å². The van der Waals surface area contributed by atoms with Crippen molar-refractivity contribution in [3.05, 3.63) is 21.9 Å². The number of hydrogen-bond acceptors (Lipinski definition) is 4. The molecule has 0 spiro atoms. The fraction of sp³-hybridized carbons (Fsp3) is 0.571. The molecule has 1 aromatic heterocycles. The molecule has 4 heteroatoms. The fourth-order valence-electron chi connectivity index (χ4n) is 1.34. The van der Waals surface area contributed by atoms with Gasteiger partial charge in [0, 0.05) is 28.9 Å². The van der Waals surface area contributed by atoms with Crippen molar-refractivity contribution >= 4 is 11.3 Å². The summed E-state index contributed by atoms with van der Waals surface area (Å²) in [6, 6.07) is 2.00. The van der Waals surface area contributed by atoms with Gasteiger partial charge in [-0.3, -0.25) is 4.90 Å². The molecular weight excluding hydrogens is 246 g/mol. The monoisotopic (exact) mass is 267 g/mol. The lowest BCUT2D eigenvalue weighted by atomic mass is 10.0. The highest BCUT2D eigenvalue weighted by Gasteiger charge is 2.23. The zero-order chi connectivity index (χ0) is 13.6. The average Bonchev–Trinajstić information content (AvgIpc) is 2.77. The smallest absolute Gasteiger partial charge is 0.0610 e. The summed E-state index contributed by atoms with van der Waals surface area (Å²) in [5.41, 5.74) is 0.786. The van der Waals surface area contributed by atoms with E-state index in [0.717, 1.165) is 12.1 Å². The molecule has 1 rings (SSSR count). The van der Waals surface area contributed by atoms with Gasteiger partial charge in [0.15, 0.2) is 0 Å². The standard InChI is InChI=1S/C14H21NO2S/c1-14(2,11-17)15(3)10-13-12(7-9-18-13)6-4-5-8-16/h7,9,16-17H,5,8,10-11H2,1-3H3. The van der Waals surface area contributed by atoms with Gasteiger partial charge >= 0.3 is 0 Å². The Balaban J connectivity index is 2.75. The molecule has 0 saturated carbocycles. The molecule has 0 bridgehead atoms. The van der Waals surface area contributed by atoms with E-state index in [0.29, 0.717) is 6.42 Å². The summed E-state index contributed by atoms with van der Waals surface area (Å²) in [5.74, 6) is 6.02. The molecule has 0 aliphatic carbocycles. The van der Waals surface area contributed by atoms with E-state index in [1.165, 1.54) is 4.88 Å². The van der Waals surface area contributed by atoms with E-state index in [9.17, 15) is 5.11 Å². The van der Waals surface area contributed by atoms with Gasteiger partial charge < -0.3 is 10.2 Å². The zero-order valence-electron chi connectivity index (χ0n) is 11.2. The number of aliphatic hydroxyl groups excluding tert-OH is 2. The third kappa shape index (κ3) is 4.11. The molecule has 1 heterocycles. The van der Waals surface area contributed by atoms with Gasteiger partial charge in [0.2, 0.25) is 0 Å². The lowest BCUT2D eigenvalue weighted by Gasteiger charge is -2.33. The number of likely N-dealkylation sites (N-methyl/N-ethyl adjacent to an activating group) is 1. The Morgan fingerprint density at radius 3 is 2.72 bits per heavy atom. The second-order valence-corrected chi connectivity index (χ2v) is 5.86. The van der Waals surface area contributed by atoms with Crippen LogP contribution in [-0.2, 0) is 6.54 Å². The van der Waals surface area contributed by atoms with Gasteiger partial charge in [-0.05, 0) is 32.3 Å². The lowest BCUT2D eigenvalue weighted by Crippen LogP contribution is -2.43. The van der Waals surface area contributed by atoms with Crippen molar-refractivity contribution in [2.45, 2.75) is 32.4 Å². The van der Waals surface area contributed by atoms with Crippen molar-refractivity contribution in [1.29, 1.82) is 0 Å². The minimum Gasteiger partial charge on any atom is -0.395 e. The van der Waals surface area contributed by atoms with Crippen LogP contribution in [0.25, 0.3) is 0 Å². The van der Waals surface area contributed by atoms with Crippen LogP contribution in [0.1, 0.15) is 30.7 Å². The van der Waals surface area contributed by atoms with Gasteiger partial charge in [0.25, 0.3) is 0 Å². The quantitative estimate of drug-likeness (QED) is 0.798. The first kappa shape index (κ1) is 15.2. The Labute approximate surface area is 113 Å². The lowest BCUT2D eigenvalue weighted by molar-refractivity contribution is 0.0741. The molecule has 0 amide bonds. The normalized spacial score (nSPS) is 11.4. The van der Waals surface area contributed by atoms with Crippen LogP contribution >= 0.6 is 11.3 Å². The number of aliphatic hydroxyl groups is 2. The molecule has 18 heavy (non-hydrogen) atoms. The van der Waals surface area contributed by atoms with E-state index in [-0.39, 0.29) is 18.8 Å². The SMILES string of the molecule is CN(Cc1sccc1C#CCCO)C(C)(C)CO. The van der Waals surface area contributed by atoms with Crippen molar-refractivity contribution in [3.8, 4) is 11.8 Å². The van der Waals surface area contributed by atoms with Gasteiger partial charge in [0.05, 0.1) is 13.2 Å². The maximum absolute atomic E-state index is 9.34. The molecular formula is C14H21NO2S. The van der Waals surface area contributed by atoms with Crippen LogP contribution in [0.3, 0.4) is 0 Å². The van der Waals surface area contributed by atoms with E-state index in [4.69, 9.17) is 5.11 Å². The summed E-state index contributed by atoms with van der Waals surface area (Å²) in [4.78, 5) is 3.32. The third-order valence-electron chi connectivity index (χ3n) is 3.01. The first-order valence-electron chi connectivity index (χ1n) is 5.99. The van der Waals surface area contributed by atoms with Crippen LogP contribution in [-0.4, -0.2) is 40.9 Å². The largest absolute Gasteiger partial charge is 0.395 e. The van der Waals surface area contributed by atoms with Crippen molar-refractivity contribution in [3.63, 3.8) is 0 Å². The molecule has 3 nitrogen and oxygen atoms in total. The fourth-order valence-corrected chi connectivity index (χ4v) is 2.22.